The van der Waals surface area contributed by atoms with Gasteiger partial charge in [0.05, 0.1) is 0 Å². The van der Waals surface area contributed by atoms with Gasteiger partial charge in [-0.3, -0.25) is 0 Å². The van der Waals surface area contributed by atoms with Crippen molar-refractivity contribution in [2.75, 3.05) is 0 Å². The van der Waals surface area contributed by atoms with Crippen molar-refractivity contribution in [1.82, 2.24) is 5.32 Å². The first-order valence-corrected chi connectivity index (χ1v) is 5.14. The van der Waals surface area contributed by atoms with E-state index in [2.05, 4.69) is 39.2 Å². The van der Waals surface area contributed by atoms with E-state index < -0.39 is 0 Å². The minimum absolute atomic E-state index is 0.334. The van der Waals surface area contributed by atoms with E-state index in [1.165, 1.54) is 0 Å². The second-order valence-electron chi connectivity index (χ2n) is 4.62. The molecule has 0 unspecified atom stereocenters. The third-order valence-electron chi connectivity index (χ3n) is 2.30. The smallest absolute Gasteiger partial charge is 0.00787 e. The van der Waals surface area contributed by atoms with Crippen LogP contribution in [0.3, 0.4) is 0 Å². The van der Waals surface area contributed by atoms with Gasteiger partial charge in [0.1, 0.15) is 0 Å². The Morgan fingerprint density at radius 3 is 2.36 bits per heavy atom. The largest absolute Gasteiger partial charge is 0.365 e. The highest BCUT2D eigenvalue weighted by Gasteiger charge is 2.15. The molecule has 0 bridgehead atoms. The highest BCUT2D eigenvalue weighted by Crippen LogP contribution is 2.26. The van der Waals surface area contributed by atoms with E-state index in [0.29, 0.717) is 5.41 Å². The van der Waals surface area contributed by atoms with Gasteiger partial charge in [0.15, 0.2) is 0 Å². The molecule has 0 spiro atoms. The van der Waals surface area contributed by atoms with Crippen molar-refractivity contribution in [2.24, 2.45) is 5.41 Å². The van der Waals surface area contributed by atoms with E-state index in [0.717, 1.165) is 24.1 Å². The number of allylic oxidation sites excluding steroid dienone is 3. The van der Waals surface area contributed by atoms with Crippen molar-refractivity contribution in [2.45, 2.75) is 40.5 Å². The molecule has 0 aliphatic carbocycles. The standard InChI is InChI=1S/C13H23N/c1-7-13(5,6)10-12(4)14-9-8-11(2)3/h8-9,14H,2,4,7,10H2,1,3,5-6H3/b9-8+. The first kappa shape index (κ1) is 13.0. The molecule has 0 fully saturated rings. The molecule has 0 saturated carbocycles. The van der Waals surface area contributed by atoms with Crippen LogP contribution in [0.1, 0.15) is 40.5 Å². The Morgan fingerprint density at radius 1 is 1.36 bits per heavy atom. The van der Waals surface area contributed by atoms with E-state index in [1.807, 2.05) is 19.2 Å². The van der Waals surface area contributed by atoms with Gasteiger partial charge < -0.3 is 5.32 Å². The lowest BCUT2D eigenvalue weighted by atomic mass is 9.85. The second-order valence-corrected chi connectivity index (χ2v) is 4.62. The van der Waals surface area contributed by atoms with Crippen molar-refractivity contribution in [3.8, 4) is 0 Å². The zero-order chi connectivity index (χ0) is 11.2. The van der Waals surface area contributed by atoms with Crippen LogP contribution in [0.4, 0.5) is 0 Å². The van der Waals surface area contributed by atoms with Gasteiger partial charge in [-0.2, -0.15) is 0 Å². The summed E-state index contributed by atoms with van der Waals surface area (Å²) in [5.74, 6) is 0. The topological polar surface area (TPSA) is 12.0 Å². The summed E-state index contributed by atoms with van der Waals surface area (Å²) in [4.78, 5) is 0. The van der Waals surface area contributed by atoms with Crippen LogP contribution in [0.15, 0.2) is 36.7 Å². The summed E-state index contributed by atoms with van der Waals surface area (Å²) in [5.41, 5.74) is 2.44. The Bertz CT molecular complexity index is 234. The van der Waals surface area contributed by atoms with Crippen LogP contribution in [-0.4, -0.2) is 0 Å². The summed E-state index contributed by atoms with van der Waals surface area (Å²) in [6, 6.07) is 0. The van der Waals surface area contributed by atoms with Crippen LogP contribution >= 0.6 is 0 Å². The summed E-state index contributed by atoms with van der Waals surface area (Å²) in [5, 5.41) is 3.17. The number of rotatable bonds is 6. The first-order valence-electron chi connectivity index (χ1n) is 5.14. The average Bonchev–Trinajstić information content (AvgIpc) is 2.02. The normalized spacial score (nSPS) is 11.7. The lowest BCUT2D eigenvalue weighted by Gasteiger charge is -2.23. The fraction of sp³-hybridized carbons (Fsp3) is 0.538. The maximum absolute atomic E-state index is 3.99. The molecule has 0 aromatic carbocycles. The molecule has 0 aliphatic rings. The number of hydrogen-bond donors (Lipinski definition) is 1. The molecule has 14 heavy (non-hydrogen) atoms. The minimum atomic E-state index is 0.334. The predicted octanol–water partition coefficient (Wildman–Crippen LogP) is 4.01. The molecular weight excluding hydrogens is 170 g/mol. The van der Waals surface area contributed by atoms with Crippen molar-refractivity contribution >= 4 is 0 Å². The summed E-state index contributed by atoms with van der Waals surface area (Å²) in [6.07, 6.45) is 6.02. The quantitative estimate of drug-likeness (QED) is 0.629. The Labute approximate surface area is 88.6 Å². The zero-order valence-corrected chi connectivity index (χ0v) is 9.98. The number of nitrogens with one attached hydrogen (secondary N) is 1. The fourth-order valence-electron chi connectivity index (χ4n) is 1.06. The molecule has 0 radical (unpaired) electrons. The molecule has 0 heterocycles. The molecule has 1 N–H and O–H groups in total. The third kappa shape index (κ3) is 6.53. The van der Waals surface area contributed by atoms with Crippen LogP contribution in [0.5, 0.6) is 0 Å². The van der Waals surface area contributed by atoms with Gasteiger partial charge in [-0.25, -0.2) is 0 Å². The Morgan fingerprint density at radius 2 is 1.93 bits per heavy atom. The summed E-state index contributed by atoms with van der Waals surface area (Å²) < 4.78 is 0. The maximum atomic E-state index is 3.99. The Kier molecular flexibility index (Phi) is 5.29. The molecule has 1 nitrogen and oxygen atoms in total. The van der Waals surface area contributed by atoms with Crippen molar-refractivity contribution in [1.29, 1.82) is 0 Å². The van der Waals surface area contributed by atoms with Gasteiger partial charge in [-0.05, 0) is 24.8 Å². The molecule has 0 aromatic heterocycles. The first-order chi connectivity index (χ1) is 6.37. The second kappa shape index (κ2) is 5.69. The third-order valence-corrected chi connectivity index (χ3v) is 2.30. The molecule has 0 amide bonds. The predicted molar refractivity (Wildman–Crippen MR) is 64.9 cm³/mol. The van der Waals surface area contributed by atoms with Crippen LogP contribution in [-0.2, 0) is 0 Å². The highest BCUT2D eigenvalue weighted by molar-refractivity contribution is 5.12. The summed E-state index contributed by atoms with van der Waals surface area (Å²) in [7, 11) is 0. The molecular formula is C13H23N. The van der Waals surface area contributed by atoms with E-state index in [9.17, 15) is 0 Å². The Hall–Kier alpha value is -0.980. The highest BCUT2D eigenvalue weighted by atomic mass is 14.8. The molecule has 0 aliphatic heterocycles. The maximum Gasteiger partial charge on any atom is 0.00787 e. The Balaban J connectivity index is 3.94. The molecule has 0 saturated heterocycles. The minimum Gasteiger partial charge on any atom is -0.365 e. The van der Waals surface area contributed by atoms with E-state index in [1.54, 1.807) is 0 Å². The average molecular weight is 193 g/mol. The van der Waals surface area contributed by atoms with Gasteiger partial charge in [-0.1, -0.05) is 45.9 Å². The molecule has 1 heteroatoms. The van der Waals surface area contributed by atoms with Crippen molar-refractivity contribution in [3.63, 3.8) is 0 Å². The lowest BCUT2D eigenvalue weighted by Crippen LogP contribution is -2.15. The van der Waals surface area contributed by atoms with Gasteiger partial charge in [-0.15, -0.1) is 0 Å². The van der Waals surface area contributed by atoms with Crippen LogP contribution < -0.4 is 5.32 Å². The summed E-state index contributed by atoms with van der Waals surface area (Å²) >= 11 is 0. The molecule has 0 atom stereocenters. The van der Waals surface area contributed by atoms with Gasteiger partial charge >= 0.3 is 0 Å². The van der Waals surface area contributed by atoms with Gasteiger partial charge in [0.2, 0.25) is 0 Å². The lowest BCUT2D eigenvalue weighted by molar-refractivity contribution is 0.343. The van der Waals surface area contributed by atoms with Crippen molar-refractivity contribution < 1.29 is 0 Å². The summed E-state index contributed by atoms with van der Waals surface area (Å²) in [6.45, 7) is 16.5. The zero-order valence-electron chi connectivity index (χ0n) is 9.98. The SMILES string of the molecule is C=C(C)/C=C/NC(=C)CC(C)(C)CC. The van der Waals surface area contributed by atoms with Crippen LogP contribution in [0, 0.1) is 5.41 Å². The van der Waals surface area contributed by atoms with E-state index in [-0.39, 0.29) is 0 Å². The van der Waals surface area contributed by atoms with E-state index in [4.69, 9.17) is 0 Å². The monoisotopic (exact) mass is 193 g/mol. The van der Waals surface area contributed by atoms with Crippen molar-refractivity contribution in [3.05, 3.63) is 36.7 Å². The fourth-order valence-corrected chi connectivity index (χ4v) is 1.06. The van der Waals surface area contributed by atoms with Crippen LogP contribution in [0.2, 0.25) is 0 Å². The van der Waals surface area contributed by atoms with Gasteiger partial charge in [0, 0.05) is 11.9 Å². The molecule has 0 aromatic rings. The van der Waals surface area contributed by atoms with Gasteiger partial charge in [0.25, 0.3) is 0 Å². The molecule has 0 rings (SSSR count). The molecule has 80 valence electrons. The van der Waals surface area contributed by atoms with E-state index >= 15 is 0 Å². The number of hydrogen-bond acceptors (Lipinski definition) is 1. The van der Waals surface area contributed by atoms with Crippen LogP contribution in [0.25, 0.3) is 0 Å².